The minimum Gasteiger partial charge on any atom is -0.228 e. The van der Waals surface area contributed by atoms with Gasteiger partial charge in [-0.2, -0.15) is 0 Å². The highest BCUT2D eigenvalue weighted by Gasteiger charge is 2.53. The normalized spacial score (nSPS) is 12.9. The van der Waals surface area contributed by atoms with Gasteiger partial charge in [-0.3, -0.25) is 0 Å². The highest BCUT2D eigenvalue weighted by atomic mass is 14.9. The van der Waals surface area contributed by atoms with Crippen LogP contribution in [0.15, 0.2) is 231 Å². The third-order valence-electron chi connectivity index (χ3n) is 13.5. The lowest BCUT2D eigenvalue weighted by Crippen LogP contribution is -2.25. The van der Waals surface area contributed by atoms with E-state index < -0.39 is 5.41 Å². The monoisotopic (exact) mass is 798 g/mol. The molecule has 0 unspecified atom stereocenters. The van der Waals surface area contributed by atoms with E-state index in [4.69, 9.17) is 9.97 Å². The Morgan fingerprint density at radius 1 is 0.270 bits per heavy atom. The SMILES string of the molecule is c1ccc(-c2ccc(-c3cc(-c4cccc(-c5ccccc5)c4)nc(-c4cccc5c4-c4ccccc4C54c5ccc6ccccc6c5-c5c4ccc4ccccc54)n3)cc2)cc1. The first-order valence-corrected chi connectivity index (χ1v) is 21.7. The third-order valence-corrected chi connectivity index (χ3v) is 13.5. The van der Waals surface area contributed by atoms with Crippen LogP contribution in [0.1, 0.15) is 22.3 Å². The lowest BCUT2D eigenvalue weighted by Gasteiger charge is -2.30. The molecule has 13 rings (SSSR count). The molecule has 11 aromatic rings. The molecule has 0 bridgehead atoms. The maximum absolute atomic E-state index is 5.52. The average molecular weight is 799 g/mol. The molecule has 0 saturated carbocycles. The molecule has 0 atom stereocenters. The fourth-order valence-corrected chi connectivity index (χ4v) is 10.8. The van der Waals surface area contributed by atoms with Crippen molar-refractivity contribution >= 4 is 21.5 Å². The molecular formula is C61H38N2. The van der Waals surface area contributed by atoms with E-state index in [1.807, 2.05) is 0 Å². The second-order valence-corrected chi connectivity index (χ2v) is 16.8. The predicted molar refractivity (Wildman–Crippen MR) is 261 cm³/mol. The molecule has 63 heavy (non-hydrogen) atoms. The standard InChI is InChI=1S/C61H38N2/c1-3-15-39(16-4-1)41-29-31-44(32-30-41)55-38-56(46-22-13-21-45(37-46)40-17-5-2-6-18-40)63-60(62-55)50-26-14-28-52-57(50)49-25-11-12-27-51(49)61(52)53-35-33-42-19-7-9-23-47(42)58(53)59-48-24-10-8-20-43(48)34-36-54(59)61/h1-38H. The summed E-state index contributed by atoms with van der Waals surface area (Å²) in [5.41, 5.74) is 19.3. The van der Waals surface area contributed by atoms with Crippen molar-refractivity contribution in [1.29, 1.82) is 0 Å². The number of hydrogen-bond acceptors (Lipinski definition) is 2. The fourth-order valence-electron chi connectivity index (χ4n) is 10.8. The maximum Gasteiger partial charge on any atom is 0.161 e. The molecule has 10 aromatic carbocycles. The van der Waals surface area contributed by atoms with Gasteiger partial charge < -0.3 is 0 Å². The molecule has 0 saturated heterocycles. The average Bonchev–Trinajstić information content (AvgIpc) is 3.85. The van der Waals surface area contributed by atoms with E-state index in [-0.39, 0.29) is 0 Å². The number of aromatic nitrogens is 2. The molecule has 292 valence electrons. The topological polar surface area (TPSA) is 25.8 Å². The summed E-state index contributed by atoms with van der Waals surface area (Å²) < 4.78 is 0. The summed E-state index contributed by atoms with van der Waals surface area (Å²) in [6.45, 7) is 0. The number of benzene rings is 10. The van der Waals surface area contributed by atoms with Crippen LogP contribution >= 0.6 is 0 Å². The lowest BCUT2D eigenvalue weighted by atomic mass is 9.70. The van der Waals surface area contributed by atoms with Gasteiger partial charge in [-0.1, -0.05) is 218 Å². The lowest BCUT2D eigenvalue weighted by molar-refractivity contribution is 0.795. The molecule has 1 heterocycles. The first-order valence-electron chi connectivity index (χ1n) is 21.7. The summed E-state index contributed by atoms with van der Waals surface area (Å²) >= 11 is 0. The van der Waals surface area contributed by atoms with Crippen molar-refractivity contribution in [3.8, 4) is 78.4 Å². The van der Waals surface area contributed by atoms with Gasteiger partial charge in [0.15, 0.2) is 5.82 Å². The van der Waals surface area contributed by atoms with E-state index in [0.717, 1.165) is 33.6 Å². The maximum atomic E-state index is 5.52. The first-order chi connectivity index (χ1) is 31.2. The summed E-state index contributed by atoms with van der Waals surface area (Å²) in [6.07, 6.45) is 0. The summed E-state index contributed by atoms with van der Waals surface area (Å²) in [7, 11) is 0. The van der Waals surface area contributed by atoms with Gasteiger partial charge in [-0.15, -0.1) is 0 Å². The Morgan fingerprint density at radius 2 is 0.730 bits per heavy atom. The van der Waals surface area contributed by atoms with Gasteiger partial charge in [0.1, 0.15) is 0 Å². The number of nitrogens with zero attached hydrogens (tertiary/aromatic N) is 2. The van der Waals surface area contributed by atoms with Gasteiger partial charge in [0.2, 0.25) is 0 Å². The minimum atomic E-state index is -0.543. The van der Waals surface area contributed by atoms with Crippen molar-refractivity contribution < 1.29 is 0 Å². The van der Waals surface area contributed by atoms with Crippen LogP contribution in [0.2, 0.25) is 0 Å². The van der Waals surface area contributed by atoms with Gasteiger partial charge in [0.25, 0.3) is 0 Å². The molecule has 0 amide bonds. The van der Waals surface area contributed by atoms with Crippen LogP contribution in [0.5, 0.6) is 0 Å². The quantitative estimate of drug-likeness (QED) is 0.173. The van der Waals surface area contributed by atoms with Crippen molar-refractivity contribution in [2.75, 3.05) is 0 Å². The van der Waals surface area contributed by atoms with Crippen molar-refractivity contribution in [1.82, 2.24) is 9.97 Å². The molecule has 2 nitrogen and oxygen atoms in total. The number of rotatable bonds is 5. The van der Waals surface area contributed by atoms with Gasteiger partial charge in [-0.25, -0.2) is 9.97 Å². The van der Waals surface area contributed by atoms with Crippen LogP contribution in [0.25, 0.3) is 100.0 Å². The third kappa shape index (κ3) is 5.32. The van der Waals surface area contributed by atoms with E-state index >= 15 is 0 Å². The molecule has 2 heteroatoms. The zero-order valence-corrected chi connectivity index (χ0v) is 34.3. The molecule has 1 aromatic heterocycles. The highest BCUT2D eigenvalue weighted by Crippen LogP contribution is 2.65. The number of hydrogen-bond donors (Lipinski definition) is 0. The fraction of sp³-hybridized carbons (Fsp3) is 0.0164. The Hall–Kier alpha value is -8.20. The van der Waals surface area contributed by atoms with Crippen LogP contribution in [-0.2, 0) is 5.41 Å². The first kappa shape index (κ1) is 35.5. The largest absolute Gasteiger partial charge is 0.228 e. The Balaban J connectivity index is 1.07. The van der Waals surface area contributed by atoms with E-state index in [1.165, 1.54) is 82.7 Å². The number of fused-ring (bicyclic) bond motifs is 14. The minimum absolute atomic E-state index is 0.543. The van der Waals surface area contributed by atoms with E-state index in [1.54, 1.807) is 0 Å². The van der Waals surface area contributed by atoms with Gasteiger partial charge >= 0.3 is 0 Å². The Bertz CT molecular complexity index is 3520. The highest BCUT2D eigenvalue weighted by molar-refractivity contribution is 6.14. The van der Waals surface area contributed by atoms with Crippen LogP contribution in [0.3, 0.4) is 0 Å². The molecule has 0 N–H and O–H groups in total. The second-order valence-electron chi connectivity index (χ2n) is 16.8. The molecule has 2 aliphatic carbocycles. The van der Waals surface area contributed by atoms with E-state index in [2.05, 4.69) is 231 Å². The van der Waals surface area contributed by atoms with Gasteiger partial charge in [-0.05, 0) is 100 Å². The molecule has 0 fully saturated rings. The van der Waals surface area contributed by atoms with Crippen LogP contribution in [0, 0.1) is 0 Å². The second kappa shape index (κ2) is 13.9. The molecule has 0 aliphatic heterocycles. The van der Waals surface area contributed by atoms with Crippen molar-refractivity contribution in [2.24, 2.45) is 0 Å². The summed E-state index contributed by atoms with van der Waals surface area (Å²) in [5, 5.41) is 5.06. The van der Waals surface area contributed by atoms with Gasteiger partial charge in [0.05, 0.1) is 16.8 Å². The Labute approximate surface area is 366 Å². The summed E-state index contributed by atoms with van der Waals surface area (Å²) in [5.74, 6) is 0.707. The predicted octanol–water partition coefficient (Wildman–Crippen LogP) is 15.5. The van der Waals surface area contributed by atoms with Crippen molar-refractivity contribution in [3.05, 3.63) is 253 Å². The van der Waals surface area contributed by atoms with Crippen molar-refractivity contribution in [2.45, 2.75) is 5.41 Å². The molecular weight excluding hydrogens is 761 g/mol. The van der Waals surface area contributed by atoms with Crippen LogP contribution in [0.4, 0.5) is 0 Å². The molecule has 1 spiro atoms. The van der Waals surface area contributed by atoms with Crippen LogP contribution in [-0.4, -0.2) is 9.97 Å². The Morgan fingerprint density at radius 3 is 1.41 bits per heavy atom. The smallest absolute Gasteiger partial charge is 0.161 e. The Kier molecular flexibility index (Phi) is 7.85. The zero-order valence-electron chi connectivity index (χ0n) is 34.3. The molecule has 0 radical (unpaired) electrons. The summed E-state index contributed by atoms with van der Waals surface area (Å²) in [4.78, 5) is 11.0. The van der Waals surface area contributed by atoms with E-state index in [9.17, 15) is 0 Å². The summed E-state index contributed by atoms with van der Waals surface area (Å²) in [6, 6.07) is 83.8. The zero-order chi connectivity index (χ0) is 41.5. The van der Waals surface area contributed by atoms with Gasteiger partial charge in [0, 0.05) is 16.7 Å². The molecule has 2 aliphatic rings. The van der Waals surface area contributed by atoms with Crippen LogP contribution < -0.4 is 0 Å². The van der Waals surface area contributed by atoms with E-state index in [0.29, 0.717) is 5.82 Å². The van der Waals surface area contributed by atoms with Crippen molar-refractivity contribution in [3.63, 3.8) is 0 Å².